The van der Waals surface area contributed by atoms with Crippen LogP contribution < -0.4 is 5.73 Å². The molecule has 5 nitrogen and oxygen atoms in total. The molecule has 0 spiro atoms. The van der Waals surface area contributed by atoms with Crippen LogP contribution in [0.1, 0.15) is 32.0 Å². The lowest BCUT2D eigenvalue weighted by Crippen LogP contribution is -2.17. The highest BCUT2D eigenvalue weighted by molar-refractivity contribution is 5.99. The lowest BCUT2D eigenvalue weighted by molar-refractivity contribution is 0.0696. The van der Waals surface area contributed by atoms with Crippen molar-refractivity contribution >= 4 is 11.9 Å². The van der Waals surface area contributed by atoms with E-state index >= 15 is 0 Å². The van der Waals surface area contributed by atoms with E-state index in [2.05, 4.69) is 4.98 Å². The maximum Gasteiger partial charge on any atom is 0.336 e. The first kappa shape index (κ1) is 12.8. The van der Waals surface area contributed by atoms with Gasteiger partial charge in [0, 0.05) is 23.9 Å². The molecule has 0 aliphatic carbocycles. The maximum absolute atomic E-state index is 11.4. The molecule has 1 amide bonds. The number of hydrogen-bond donors (Lipinski definition) is 2. The van der Waals surface area contributed by atoms with E-state index < -0.39 is 11.9 Å². The van der Waals surface area contributed by atoms with E-state index in [1.165, 1.54) is 18.2 Å². The van der Waals surface area contributed by atoms with E-state index in [9.17, 15) is 14.7 Å². The third kappa shape index (κ3) is 2.77. The zero-order valence-corrected chi connectivity index (χ0v) is 10.0. The second-order valence-corrected chi connectivity index (χ2v) is 4.00. The largest absolute Gasteiger partial charge is 0.478 e. The molecule has 1 aromatic carbocycles. The Bertz CT molecular complexity index is 592. The molecule has 0 saturated heterocycles. The summed E-state index contributed by atoms with van der Waals surface area (Å²) in [4.78, 5) is 26.7. The number of carbonyl (C=O) groups is 2. The molecule has 0 radical (unpaired) electrons. The molecule has 5 heteroatoms. The summed E-state index contributed by atoms with van der Waals surface area (Å²) in [5.41, 5.74) is 6.64. The number of pyridine rings is 1. The quantitative estimate of drug-likeness (QED) is 0.866. The van der Waals surface area contributed by atoms with Gasteiger partial charge >= 0.3 is 5.97 Å². The van der Waals surface area contributed by atoms with Gasteiger partial charge in [-0.05, 0) is 29.8 Å². The molecular formula is C14H12N2O3. The first-order valence-corrected chi connectivity index (χ1v) is 5.64. The minimum Gasteiger partial charge on any atom is -0.478 e. The Morgan fingerprint density at radius 3 is 2.42 bits per heavy atom. The van der Waals surface area contributed by atoms with Crippen molar-refractivity contribution in [2.24, 2.45) is 5.73 Å². The fraction of sp³-hybridized carbons (Fsp3) is 0.0714. The number of carboxylic acids is 1. The fourth-order valence-corrected chi connectivity index (χ4v) is 1.89. The Morgan fingerprint density at radius 1 is 1.11 bits per heavy atom. The van der Waals surface area contributed by atoms with Crippen molar-refractivity contribution in [1.82, 2.24) is 4.98 Å². The van der Waals surface area contributed by atoms with Gasteiger partial charge in [0.1, 0.15) is 0 Å². The number of nitrogens with two attached hydrogens (primary N) is 1. The molecule has 0 unspecified atom stereocenters. The number of nitrogens with zero attached hydrogens (tertiary/aromatic N) is 1. The van der Waals surface area contributed by atoms with Gasteiger partial charge in [-0.25, -0.2) is 4.79 Å². The van der Waals surface area contributed by atoms with Gasteiger partial charge in [0.2, 0.25) is 5.91 Å². The Kier molecular flexibility index (Phi) is 3.56. The first-order chi connectivity index (χ1) is 9.09. The van der Waals surface area contributed by atoms with E-state index in [0.29, 0.717) is 11.3 Å². The molecule has 3 N–H and O–H groups in total. The van der Waals surface area contributed by atoms with Gasteiger partial charge in [-0.1, -0.05) is 12.1 Å². The van der Waals surface area contributed by atoms with Gasteiger partial charge in [-0.2, -0.15) is 0 Å². The SMILES string of the molecule is NC(=O)c1cccc(C(=O)O)c1Cc1ccccn1. The van der Waals surface area contributed by atoms with Crippen molar-refractivity contribution in [1.29, 1.82) is 0 Å². The molecule has 2 aromatic rings. The van der Waals surface area contributed by atoms with Crippen LogP contribution in [-0.2, 0) is 6.42 Å². The number of primary amides is 1. The minimum atomic E-state index is -1.09. The predicted octanol–water partition coefficient (Wildman–Crippen LogP) is 1.47. The van der Waals surface area contributed by atoms with Gasteiger partial charge in [0.05, 0.1) is 5.56 Å². The number of carbonyl (C=O) groups excluding carboxylic acids is 1. The fourth-order valence-electron chi connectivity index (χ4n) is 1.89. The number of aromatic nitrogens is 1. The molecule has 1 heterocycles. The average Bonchev–Trinajstić information content (AvgIpc) is 2.39. The van der Waals surface area contributed by atoms with Gasteiger partial charge in [0.15, 0.2) is 0 Å². The summed E-state index contributed by atoms with van der Waals surface area (Å²) >= 11 is 0. The topological polar surface area (TPSA) is 93.3 Å². The van der Waals surface area contributed by atoms with Crippen LogP contribution in [0.2, 0.25) is 0 Å². The highest BCUT2D eigenvalue weighted by Crippen LogP contribution is 2.18. The lowest BCUT2D eigenvalue weighted by Gasteiger charge is -2.10. The maximum atomic E-state index is 11.4. The van der Waals surface area contributed by atoms with Crippen LogP contribution in [0.4, 0.5) is 0 Å². The zero-order chi connectivity index (χ0) is 13.8. The smallest absolute Gasteiger partial charge is 0.336 e. The van der Waals surface area contributed by atoms with Crippen molar-refractivity contribution in [2.45, 2.75) is 6.42 Å². The van der Waals surface area contributed by atoms with Gasteiger partial charge in [-0.15, -0.1) is 0 Å². The third-order valence-corrected chi connectivity index (χ3v) is 2.76. The molecule has 19 heavy (non-hydrogen) atoms. The van der Waals surface area contributed by atoms with Crippen LogP contribution in [0, 0.1) is 0 Å². The Hall–Kier alpha value is -2.69. The van der Waals surface area contributed by atoms with E-state index in [-0.39, 0.29) is 17.5 Å². The molecule has 96 valence electrons. The van der Waals surface area contributed by atoms with Gasteiger partial charge in [-0.3, -0.25) is 9.78 Å². The van der Waals surface area contributed by atoms with Gasteiger partial charge in [0.25, 0.3) is 0 Å². The van der Waals surface area contributed by atoms with Crippen molar-refractivity contribution in [2.75, 3.05) is 0 Å². The number of hydrogen-bond acceptors (Lipinski definition) is 3. The molecule has 0 aliphatic heterocycles. The van der Waals surface area contributed by atoms with Crippen molar-refractivity contribution < 1.29 is 14.7 Å². The lowest BCUT2D eigenvalue weighted by atomic mass is 9.96. The monoisotopic (exact) mass is 256 g/mol. The van der Waals surface area contributed by atoms with Crippen LogP contribution in [0.5, 0.6) is 0 Å². The number of aromatic carboxylic acids is 1. The molecule has 0 saturated carbocycles. The summed E-state index contributed by atoms with van der Waals surface area (Å²) in [7, 11) is 0. The number of amides is 1. The summed E-state index contributed by atoms with van der Waals surface area (Å²) in [6, 6.07) is 9.81. The summed E-state index contributed by atoms with van der Waals surface area (Å²) in [6.45, 7) is 0. The first-order valence-electron chi connectivity index (χ1n) is 5.64. The van der Waals surface area contributed by atoms with Crippen LogP contribution in [-0.4, -0.2) is 22.0 Å². The number of benzene rings is 1. The van der Waals surface area contributed by atoms with E-state index in [1.54, 1.807) is 24.4 Å². The summed E-state index contributed by atoms with van der Waals surface area (Å²) in [5.74, 6) is -1.73. The van der Waals surface area contributed by atoms with Crippen LogP contribution in [0.3, 0.4) is 0 Å². The summed E-state index contributed by atoms with van der Waals surface area (Å²) in [6.07, 6.45) is 1.87. The molecule has 0 bridgehead atoms. The second-order valence-electron chi connectivity index (χ2n) is 4.00. The minimum absolute atomic E-state index is 0.0713. The third-order valence-electron chi connectivity index (χ3n) is 2.76. The van der Waals surface area contributed by atoms with Crippen LogP contribution in [0.25, 0.3) is 0 Å². The molecular weight excluding hydrogens is 244 g/mol. The highest BCUT2D eigenvalue weighted by atomic mass is 16.4. The number of carboxylic acid groups (broad SMARTS) is 1. The van der Waals surface area contributed by atoms with Crippen LogP contribution in [0.15, 0.2) is 42.6 Å². The van der Waals surface area contributed by atoms with Crippen molar-refractivity contribution in [3.05, 3.63) is 65.0 Å². The second kappa shape index (κ2) is 5.30. The van der Waals surface area contributed by atoms with E-state index in [0.717, 1.165) is 0 Å². The van der Waals surface area contributed by atoms with Crippen LogP contribution >= 0.6 is 0 Å². The average molecular weight is 256 g/mol. The molecule has 0 aliphatic rings. The van der Waals surface area contributed by atoms with Crippen molar-refractivity contribution in [3.8, 4) is 0 Å². The summed E-state index contributed by atoms with van der Waals surface area (Å²) in [5, 5.41) is 9.18. The molecule has 2 rings (SSSR count). The standard InChI is InChI=1S/C14H12N2O3/c15-13(17)10-5-3-6-11(14(18)19)12(10)8-9-4-1-2-7-16-9/h1-7H,8H2,(H2,15,17)(H,18,19). The highest BCUT2D eigenvalue weighted by Gasteiger charge is 2.17. The molecule has 0 atom stereocenters. The Morgan fingerprint density at radius 2 is 1.84 bits per heavy atom. The normalized spacial score (nSPS) is 10.1. The Labute approximate surface area is 109 Å². The zero-order valence-electron chi connectivity index (χ0n) is 10.0. The molecule has 1 aromatic heterocycles. The van der Waals surface area contributed by atoms with Crippen molar-refractivity contribution in [3.63, 3.8) is 0 Å². The van der Waals surface area contributed by atoms with E-state index in [1.807, 2.05) is 0 Å². The Balaban J connectivity index is 2.52. The van der Waals surface area contributed by atoms with E-state index in [4.69, 9.17) is 5.73 Å². The summed E-state index contributed by atoms with van der Waals surface area (Å²) < 4.78 is 0. The van der Waals surface area contributed by atoms with Gasteiger partial charge < -0.3 is 10.8 Å². The predicted molar refractivity (Wildman–Crippen MR) is 69.0 cm³/mol. The molecule has 0 fully saturated rings. The number of rotatable bonds is 4.